The van der Waals surface area contributed by atoms with Gasteiger partial charge in [0.2, 0.25) is 0 Å². The maximum atomic E-state index is 10.3. The van der Waals surface area contributed by atoms with Crippen LogP contribution in [0.1, 0.15) is 27.7 Å². The lowest BCUT2D eigenvalue weighted by molar-refractivity contribution is -0.216. The molecule has 0 saturated heterocycles. The zero-order valence-corrected chi connectivity index (χ0v) is 5.86. The van der Waals surface area contributed by atoms with Gasteiger partial charge in [0, 0.05) is 0 Å². The zero-order valence-electron chi connectivity index (χ0n) is 5.86. The highest BCUT2D eigenvalue weighted by atomic mass is 16.3. The number of hydrogen-bond donors (Lipinski definition) is 0. The Morgan fingerprint density at radius 1 is 1.38 bits per heavy atom. The van der Waals surface area contributed by atoms with Crippen LogP contribution >= 0.6 is 0 Å². The van der Waals surface area contributed by atoms with Crippen LogP contribution in [0.5, 0.6) is 0 Å². The van der Waals surface area contributed by atoms with Crippen LogP contribution in [0.25, 0.3) is 0 Å². The second-order valence-electron chi connectivity index (χ2n) is 2.80. The molecule has 2 nitrogen and oxygen atoms in total. The summed E-state index contributed by atoms with van der Waals surface area (Å²) < 4.78 is 0. The van der Waals surface area contributed by atoms with E-state index in [1.165, 1.54) is 6.92 Å². The molecule has 0 spiro atoms. The van der Waals surface area contributed by atoms with E-state index in [1.807, 2.05) is 20.8 Å². The molecule has 2 heteroatoms. The average molecular weight is 114 g/mol. The minimum atomic E-state index is -0.203. The molecule has 0 aliphatic heterocycles. The quantitative estimate of drug-likeness (QED) is 0.335. The van der Waals surface area contributed by atoms with Crippen LogP contribution < -0.4 is 5.11 Å². The summed E-state index contributed by atoms with van der Waals surface area (Å²) in [6.45, 7) is 7.16. The molecule has 0 aliphatic rings. The van der Waals surface area contributed by atoms with Gasteiger partial charge < -0.3 is 10.1 Å². The molecule has 0 saturated carbocycles. The summed E-state index contributed by atoms with van der Waals surface area (Å²) in [6.07, 6.45) is 0. The van der Waals surface area contributed by atoms with E-state index in [-0.39, 0.29) is 11.4 Å². The van der Waals surface area contributed by atoms with Crippen LogP contribution in [-0.2, 0) is 0 Å². The van der Waals surface area contributed by atoms with Crippen molar-refractivity contribution in [3.8, 4) is 0 Å². The molecule has 0 atom stereocenters. The van der Waals surface area contributed by atoms with Gasteiger partial charge in [-0.15, -0.1) is 0 Å². The number of aliphatic imine (C=N–C) groups is 1. The van der Waals surface area contributed by atoms with Gasteiger partial charge in [-0.1, -0.05) is 0 Å². The molecule has 0 aromatic carbocycles. The predicted octanol–water partition coefficient (Wildman–Crippen LogP) is 0.564. The summed E-state index contributed by atoms with van der Waals surface area (Å²) >= 11 is 0. The third kappa shape index (κ3) is 5.47. The highest BCUT2D eigenvalue weighted by molar-refractivity contribution is 5.68. The van der Waals surface area contributed by atoms with Crippen molar-refractivity contribution in [2.45, 2.75) is 33.2 Å². The average Bonchev–Trinajstić information content (AvgIpc) is 1.21. The molecule has 8 heavy (non-hydrogen) atoms. The van der Waals surface area contributed by atoms with Gasteiger partial charge in [0.1, 0.15) is 0 Å². The molecule has 0 aliphatic carbocycles. The van der Waals surface area contributed by atoms with Gasteiger partial charge >= 0.3 is 0 Å². The van der Waals surface area contributed by atoms with E-state index < -0.39 is 0 Å². The van der Waals surface area contributed by atoms with Crippen LogP contribution in [0, 0.1) is 0 Å². The Hall–Kier alpha value is -0.530. The van der Waals surface area contributed by atoms with Crippen molar-refractivity contribution in [2.24, 2.45) is 4.99 Å². The van der Waals surface area contributed by atoms with Crippen LogP contribution in [0.4, 0.5) is 0 Å². The van der Waals surface area contributed by atoms with E-state index in [2.05, 4.69) is 4.99 Å². The summed E-state index contributed by atoms with van der Waals surface area (Å²) in [4.78, 5) is 3.77. The largest absolute Gasteiger partial charge is 0.862 e. The van der Waals surface area contributed by atoms with Gasteiger partial charge in [0.25, 0.3) is 0 Å². The molecule has 0 fully saturated rings. The first-order valence-corrected chi connectivity index (χ1v) is 2.65. The molecule has 0 unspecified atom stereocenters. The molecule has 0 aromatic heterocycles. The molecular weight excluding hydrogens is 102 g/mol. The van der Waals surface area contributed by atoms with E-state index in [0.717, 1.165) is 0 Å². The molecule has 0 bridgehead atoms. The van der Waals surface area contributed by atoms with Gasteiger partial charge in [-0.25, -0.2) is 0 Å². The van der Waals surface area contributed by atoms with Crippen LogP contribution in [0.3, 0.4) is 0 Å². The van der Waals surface area contributed by atoms with Crippen molar-refractivity contribution in [3.63, 3.8) is 0 Å². The lowest BCUT2D eigenvalue weighted by Crippen LogP contribution is -2.20. The smallest absolute Gasteiger partial charge is 0.0512 e. The normalized spacial score (nSPS) is 14.2. The second-order valence-corrected chi connectivity index (χ2v) is 2.80. The topological polar surface area (TPSA) is 35.4 Å². The molecule has 0 aromatic rings. The molecular formula is C6H12NO-. The highest BCUT2D eigenvalue weighted by Crippen LogP contribution is 2.04. The Balaban J connectivity index is 3.89. The van der Waals surface area contributed by atoms with Crippen LogP contribution in [0.15, 0.2) is 4.99 Å². The Bertz CT molecular complexity index is 95.6. The van der Waals surface area contributed by atoms with Gasteiger partial charge in [-0.2, -0.15) is 0 Å². The van der Waals surface area contributed by atoms with Crippen LogP contribution in [0.2, 0.25) is 0 Å². The Morgan fingerprint density at radius 2 is 1.75 bits per heavy atom. The Labute approximate surface area is 50.3 Å². The predicted molar refractivity (Wildman–Crippen MR) is 32.9 cm³/mol. The first-order valence-electron chi connectivity index (χ1n) is 2.65. The fourth-order valence-electron chi connectivity index (χ4n) is 0.472. The number of nitrogens with zero attached hydrogens (tertiary/aromatic N) is 1. The molecule has 0 N–H and O–H groups in total. The monoisotopic (exact) mass is 114 g/mol. The summed E-state index contributed by atoms with van der Waals surface area (Å²) in [5, 5.41) is 10.3. The molecule has 0 rings (SSSR count). The van der Waals surface area contributed by atoms with Gasteiger partial charge in [0.15, 0.2) is 0 Å². The molecule has 0 heterocycles. The molecule has 0 radical (unpaired) electrons. The zero-order chi connectivity index (χ0) is 6.78. The van der Waals surface area contributed by atoms with Crippen molar-refractivity contribution >= 4 is 5.90 Å². The lowest BCUT2D eigenvalue weighted by atomic mass is 10.1. The number of hydrogen-bond acceptors (Lipinski definition) is 2. The maximum absolute atomic E-state index is 10.3. The van der Waals surface area contributed by atoms with Gasteiger partial charge in [-0.05, 0) is 33.6 Å². The Kier molecular flexibility index (Phi) is 2.02. The van der Waals surface area contributed by atoms with Crippen molar-refractivity contribution in [1.82, 2.24) is 0 Å². The summed E-state index contributed by atoms with van der Waals surface area (Å²) in [5.41, 5.74) is -0.203. The van der Waals surface area contributed by atoms with Crippen molar-refractivity contribution in [2.75, 3.05) is 0 Å². The van der Waals surface area contributed by atoms with Gasteiger partial charge in [-0.3, -0.25) is 0 Å². The third-order valence-corrected chi connectivity index (χ3v) is 0.493. The van der Waals surface area contributed by atoms with Gasteiger partial charge in [0.05, 0.1) is 5.54 Å². The van der Waals surface area contributed by atoms with Crippen molar-refractivity contribution < 1.29 is 5.11 Å². The van der Waals surface area contributed by atoms with E-state index in [9.17, 15) is 5.11 Å². The minimum absolute atomic E-state index is 0.0995. The first-order chi connectivity index (χ1) is 3.42. The lowest BCUT2D eigenvalue weighted by Gasteiger charge is -2.15. The summed E-state index contributed by atoms with van der Waals surface area (Å²) in [5.74, 6) is -0.0995. The highest BCUT2D eigenvalue weighted by Gasteiger charge is 2.03. The van der Waals surface area contributed by atoms with E-state index in [1.54, 1.807) is 0 Å². The summed E-state index contributed by atoms with van der Waals surface area (Å²) in [7, 11) is 0. The SMILES string of the molecule is CC([O-])=NC(C)(C)C. The maximum Gasteiger partial charge on any atom is 0.0512 e. The van der Waals surface area contributed by atoms with Crippen LogP contribution in [-0.4, -0.2) is 11.4 Å². The minimum Gasteiger partial charge on any atom is -0.862 e. The second kappa shape index (κ2) is 2.16. The molecule has 0 amide bonds. The fourth-order valence-corrected chi connectivity index (χ4v) is 0.472. The Morgan fingerprint density at radius 3 is 1.75 bits per heavy atom. The number of rotatable bonds is 0. The molecule has 48 valence electrons. The van der Waals surface area contributed by atoms with Crippen molar-refractivity contribution in [3.05, 3.63) is 0 Å². The van der Waals surface area contributed by atoms with E-state index in [0.29, 0.717) is 0 Å². The fraction of sp³-hybridized carbons (Fsp3) is 0.833. The first kappa shape index (κ1) is 7.47. The standard InChI is InChI=1S/C6H13NO/c1-5(8)7-6(2,3)4/h1-4H3,(H,7,8)/p-1. The van der Waals surface area contributed by atoms with Crippen molar-refractivity contribution in [1.29, 1.82) is 0 Å². The summed E-state index contributed by atoms with van der Waals surface area (Å²) in [6, 6.07) is 0. The van der Waals surface area contributed by atoms with E-state index in [4.69, 9.17) is 0 Å². The van der Waals surface area contributed by atoms with E-state index >= 15 is 0 Å². The third-order valence-electron chi connectivity index (χ3n) is 0.493.